The molecule has 0 bridgehead atoms. The van der Waals surface area contributed by atoms with E-state index in [4.69, 9.17) is 9.15 Å². The molecule has 0 spiro atoms. The van der Waals surface area contributed by atoms with Crippen molar-refractivity contribution in [1.29, 1.82) is 0 Å². The number of amidine groups is 1. The van der Waals surface area contributed by atoms with Gasteiger partial charge in [0.15, 0.2) is 16.7 Å². The van der Waals surface area contributed by atoms with Crippen LogP contribution in [0.2, 0.25) is 0 Å². The Morgan fingerprint density at radius 2 is 1.97 bits per heavy atom. The van der Waals surface area contributed by atoms with Crippen molar-refractivity contribution in [1.82, 2.24) is 4.90 Å². The Labute approximate surface area is 201 Å². The number of amides is 1. The highest BCUT2D eigenvalue weighted by atomic mass is 32.2. The largest absolute Gasteiger partial charge is 0.504 e. The highest BCUT2D eigenvalue weighted by Crippen LogP contribution is 2.32. The zero-order valence-corrected chi connectivity index (χ0v) is 19.3. The molecule has 4 rings (SSSR count). The number of hydrogen-bond donors (Lipinski definition) is 1. The molecule has 7 nitrogen and oxygen atoms in total. The molecule has 2 heterocycles. The second-order valence-electron chi connectivity index (χ2n) is 7.16. The summed E-state index contributed by atoms with van der Waals surface area (Å²) in [4.78, 5) is 15.1. The topological polar surface area (TPSA) is 87.6 Å². The molecule has 1 saturated heterocycles. The zero-order valence-electron chi connectivity index (χ0n) is 18.5. The molecule has 2 aromatic carbocycles. The van der Waals surface area contributed by atoms with E-state index in [9.17, 15) is 9.90 Å². The van der Waals surface area contributed by atoms with Crippen LogP contribution in [0.15, 0.2) is 98.6 Å². The van der Waals surface area contributed by atoms with E-state index in [0.717, 1.165) is 5.56 Å². The molecule has 1 fully saturated rings. The molecule has 1 N–H and O–H groups in total. The van der Waals surface area contributed by atoms with E-state index in [0.29, 0.717) is 33.8 Å². The first-order valence-electron chi connectivity index (χ1n) is 10.7. The third-order valence-electron chi connectivity index (χ3n) is 4.75. The number of phenolic OH excluding ortho intramolecular Hbond substituents is 1. The van der Waals surface area contributed by atoms with Gasteiger partial charge in [-0.3, -0.25) is 9.69 Å². The first-order chi connectivity index (χ1) is 16.6. The van der Waals surface area contributed by atoms with Gasteiger partial charge in [0.05, 0.1) is 30.5 Å². The number of carbonyl (C=O) groups excluding carboxylic acids is 1. The minimum atomic E-state index is -0.170. The van der Waals surface area contributed by atoms with Crippen molar-refractivity contribution < 1.29 is 19.1 Å². The Balaban J connectivity index is 1.55. The van der Waals surface area contributed by atoms with Gasteiger partial charge in [-0.15, -0.1) is 5.10 Å². The van der Waals surface area contributed by atoms with Gasteiger partial charge in [0.2, 0.25) is 0 Å². The molecular formula is C26H23N3O4S. The second-order valence-corrected chi connectivity index (χ2v) is 8.17. The number of benzene rings is 2. The molecule has 0 atom stereocenters. The number of thioether (sulfide) groups is 1. The molecule has 1 aliphatic rings. The fraction of sp³-hybridized carbons (Fsp3) is 0.115. The Hall–Kier alpha value is -4.04. The first kappa shape index (κ1) is 23.1. The third-order valence-corrected chi connectivity index (χ3v) is 5.77. The van der Waals surface area contributed by atoms with Crippen LogP contribution in [-0.4, -0.2) is 33.9 Å². The van der Waals surface area contributed by atoms with Gasteiger partial charge < -0.3 is 14.3 Å². The van der Waals surface area contributed by atoms with Crippen LogP contribution >= 0.6 is 11.8 Å². The zero-order chi connectivity index (χ0) is 23.8. The maximum absolute atomic E-state index is 13.1. The van der Waals surface area contributed by atoms with Crippen molar-refractivity contribution in [2.24, 2.45) is 10.2 Å². The van der Waals surface area contributed by atoms with Gasteiger partial charge in [-0.1, -0.05) is 42.5 Å². The molecule has 3 aromatic rings. The average Bonchev–Trinajstić information content (AvgIpc) is 3.46. The van der Waals surface area contributed by atoms with E-state index in [1.165, 1.54) is 22.7 Å². The lowest BCUT2D eigenvalue weighted by molar-refractivity contribution is -0.122. The summed E-state index contributed by atoms with van der Waals surface area (Å²) in [6.07, 6.45) is 8.67. The lowest BCUT2D eigenvalue weighted by Crippen LogP contribution is -2.28. The van der Waals surface area contributed by atoms with Crippen LogP contribution in [0.25, 0.3) is 6.08 Å². The Bertz CT molecular complexity index is 1250. The maximum Gasteiger partial charge on any atom is 0.267 e. The lowest BCUT2D eigenvalue weighted by atomic mass is 10.2. The Kier molecular flexibility index (Phi) is 7.62. The van der Waals surface area contributed by atoms with Crippen molar-refractivity contribution in [3.05, 3.63) is 101 Å². The SMILES string of the molecule is CCOc1cc(/C=N\N=C2\S/C(=C\C=C\c3ccccc3)C(=O)N2Cc2ccco2)ccc1O. The molecule has 0 unspecified atom stereocenters. The van der Waals surface area contributed by atoms with Crippen LogP contribution in [0.1, 0.15) is 23.8 Å². The molecule has 1 aromatic heterocycles. The molecule has 1 aliphatic heterocycles. The fourth-order valence-electron chi connectivity index (χ4n) is 3.13. The molecule has 0 radical (unpaired) electrons. The highest BCUT2D eigenvalue weighted by molar-refractivity contribution is 8.18. The number of phenols is 1. The monoisotopic (exact) mass is 473 g/mol. The number of hydrogen-bond acceptors (Lipinski definition) is 7. The molecule has 34 heavy (non-hydrogen) atoms. The van der Waals surface area contributed by atoms with E-state index in [1.54, 1.807) is 36.8 Å². The summed E-state index contributed by atoms with van der Waals surface area (Å²) < 4.78 is 10.8. The molecule has 8 heteroatoms. The van der Waals surface area contributed by atoms with Gasteiger partial charge in [0.25, 0.3) is 5.91 Å². The minimum Gasteiger partial charge on any atom is -0.504 e. The predicted octanol–water partition coefficient (Wildman–Crippen LogP) is 5.45. The van der Waals surface area contributed by atoms with Crippen LogP contribution in [0.3, 0.4) is 0 Å². The van der Waals surface area contributed by atoms with Gasteiger partial charge in [-0.2, -0.15) is 5.10 Å². The molecule has 172 valence electrons. The van der Waals surface area contributed by atoms with Crippen molar-refractivity contribution in [3.63, 3.8) is 0 Å². The number of allylic oxidation sites excluding steroid dienone is 2. The van der Waals surface area contributed by atoms with E-state index < -0.39 is 0 Å². The molecule has 0 saturated carbocycles. The van der Waals surface area contributed by atoms with Crippen molar-refractivity contribution in [3.8, 4) is 11.5 Å². The van der Waals surface area contributed by atoms with Crippen molar-refractivity contribution in [2.45, 2.75) is 13.5 Å². The Morgan fingerprint density at radius 3 is 2.74 bits per heavy atom. The Morgan fingerprint density at radius 1 is 1.12 bits per heavy atom. The van der Waals surface area contributed by atoms with Crippen molar-refractivity contribution >= 4 is 35.1 Å². The lowest BCUT2D eigenvalue weighted by Gasteiger charge is -2.12. The number of furan rings is 1. The predicted molar refractivity (Wildman–Crippen MR) is 135 cm³/mol. The van der Waals surface area contributed by atoms with Gasteiger partial charge in [-0.05, 0) is 66.2 Å². The highest BCUT2D eigenvalue weighted by Gasteiger charge is 2.33. The molecular weight excluding hydrogens is 450 g/mol. The van der Waals surface area contributed by atoms with Crippen LogP contribution in [-0.2, 0) is 11.3 Å². The number of carbonyl (C=O) groups is 1. The summed E-state index contributed by atoms with van der Waals surface area (Å²) in [6, 6.07) is 18.4. The minimum absolute atomic E-state index is 0.0604. The quantitative estimate of drug-likeness (QED) is 0.267. The molecule has 1 amide bonds. The first-order valence-corrected chi connectivity index (χ1v) is 11.5. The van der Waals surface area contributed by atoms with Gasteiger partial charge in [0.1, 0.15) is 5.76 Å². The summed E-state index contributed by atoms with van der Waals surface area (Å²) in [7, 11) is 0. The molecule has 0 aliphatic carbocycles. The summed E-state index contributed by atoms with van der Waals surface area (Å²) in [5, 5.41) is 18.8. The van der Waals surface area contributed by atoms with Gasteiger partial charge in [-0.25, -0.2) is 0 Å². The second kappa shape index (κ2) is 11.2. The van der Waals surface area contributed by atoms with E-state index >= 15 is 0 Å². The number of aromatic hydroxyl groups is 1. The van der Waals surface area contributed by atoms with Crippen LogP contribution < -0.4 is 4.74 Å². The smallest absolute Gasteiger partial charge is 0.267 e. The summed E-state index contributed by atoms with van der Waals surface area (Å²) in [5.41, 5.74) is 1.75. The van der Waals surface area contributed by atoms with Crippen molar-refractivity contribution in [2.75, 3.05) is 6.61 Å². The summed E-state index contributed by atoms with van der Waals surface area (Å²) in [6.45, 7) is 2.53. The summed E-state index contributed by atoms with van der Waals surface area (Å²) >= 11 is 1.25. The fourth-order valence-corrected chi connectivity index (χ4v) is 4.02. The number of ether oxygens (including phenoxy) is 1. The average molecular weight is 474 g/mol. The number of nitrogens with zero attached hydrogens (tertiary/aromatic N) is 3. The standard InChI is InChI=1S/C26H23N3O4S/c1-2-32-23-16-20(13-14-22(23)30)17-27-28-26-29(18-21-11-7-15-33-21)25(31)24(34-26)12-6-10-19-8-4-3-5-9-19/h3-17,30H,2,18H2,1H3/b10-6+,24-12-,27-17-,28-26+. The van der Waals surface area contributed by atoms with E-state index in [2.05, 4.69) is 10.2 Å². The van der Waals surface area contributed by atoms with Gasteiger partial charge in [0, 0.05) is 0 Å². The van der Waals surface area contributed by atoms with Crippen LogP contribution in [0.5, 0.6) is 11.5 Å². The maximum atomic E-state index is 13.1. The van der Waals surface area contributed by atoms with Crippen LogP contribution in [0, 0.1) is 0 Å². The normalized spacial score (nSPS) is 16.5. The van der Waals surface area contributed by atoms with Crippen LogP contribution in [0.4, 0.5) is 0 Å². The third kappa shape index (κ3) is 5.85. The number of rotatable bonds is 8. The van der Waals surface area contributed by atoms with E-state index in [-0.39, 0.29) is 18.2 Å². The summed E-state index contributed by atoms with van der Waals surface area (Å²) in [5.74, 6) is 0.910. The van der Waals surface area contributed by atoms with E-state index in [1.807, 2.05) is 55.5 Å². The van der Waals surface area contributed by atoms with Gasteiger partial charge >= 0.3 is 0 Å².